The molecule has 4 atom stereocenters. The molecule has 0 bridgehead atoms. The zero-order valence-electron chi connectivity index (χ0n) is 77.9. The van der Waals surface area contributed by atoms with Gasteiger partial charge >= 0.3 is 0 Å². The van der Waals surface area contributed by atoms with E-state index in [0.29, 0.717) is 59.0 Å². The molecule has 142 heavy (non-hydrogen) atoms. The summed E-state index contributed by atoms with van der Waals surface area (Å²) in [7, 11) is 6.09. The van der Waals surface area contributed by atoms with Gasteiger partial charge in [0.1, 0.15) is 115 Å². The Morgan fingerprint density at radius 3 is 0.775 bits per heavy atom. The van der Waals surface area contributed by atoms with Crippen LogP contribution >= 0.6 is 0 Å². The molecule has 0 aliphatic carbocycles. The number of para-hydroxylation sites is 4. The lowest BCUT2D eigenvalue weighted by atomic mass is 10.0. The van der Waals surface area contributed by atoms with Crippen molar-refractivity contribution in [2.75, 3.05) is 90.3 Å². The van der Waals surface area contributed by atoms with Crippen LogP contribution in [0.15, 0.2) is 247 Å². The number of hydrogen-bond donors (Lipinski definition) is 12. The fourth-order valence-corrected chi connectivity index (χ4v) is 14.7. The molecule has 8 aromatic carbocycles. The van der Waals surface area contributed by atoms with Gasteiger partial charge < -0.3 is 89.7 Å². The minimum atomic E-state index is -0.725. The minimum Gasteiger partial charge on any atom is -0.505 e. The molecule has 0 saturated heterocycles. The van der Waals surface area contributed by atoms with Crippen molar-refractivity contribution in [1.29, 1.82) is 0 Å². The van der Waals surface area contributed by atoms with E-state index in [0.717, 1.165) is 23.0 Å². The molecular weight excluding hydrogens is 1830 g/mol. The van der Waals surface area contributed by atoms with Gasteiger partial charge in [-0.05, 0) is 188 Å². The number of hydrogen-bond acceptors (Lipinski definition) is 34. The number of carbonyl (C=O) groups excluding carboxylic acids is 4. The van der Waals surface area contributed by atoms with E-state index in [9.17, 15) is 78.0 Å². The largest absolute Gasteiger partial charge is 0.505 e. The number of phenols is 4. The highest BCUT2D eigenvalue weighted by molar-refractivity contribution is 6.11. The monoisotopic (exact) mass is 1940 g/mol. The molecule has 0 fully saturated rings. The van der Waals surface area contributed by atoms with E-state index in [1.165, 1.54) is 82.2 Å². The Hall–Kier alpha value is -17.5. The third kappa shape index (κ3) is 23.0. The van der Waals surface area contributed by atoms with Crippen molar-refractivity contribution in [3.8, 4) is 23.0 Å². The number of carbonyl (C=O) groups is 4. The lowest BCUT2D eigenvalue weighted by Crippen LogP contribution is -2.38. The van der Waals surface area contributed by atoms with Crippen LogP contribution in [0.4, 0.5) is 91.5 Å². The number of anilines is 16. The number of amides is 4. The lowest BCUT2D eigenvalue weighted by molar-refractivity contribution is 0.0981. The summed E-state index contributed by atoms with van der Waals surface area (Å²) in [6.07, 6.45) is 4.34. The van der Waals surface area contributed by atoms with Gasteiger partial charge in [-0.25, -0.2) is 9.97 Å². The normalized spacial score (nSPS) is 11.7. The predicted octanol–water partition coefficient (Wildman–Crippen LogP) is 18.3. The van der Waals surface area contributed by atoms with Crippen molar-refractivity contribution >= 4 is 115 Å². The number of aryl methyl sites for hydroxylation is 6. The molecule has 38 nitrogen and oxygen atoms in total. The zero-order valence-corrected chi connectivity index (χ0v) is 77.9. The topological polar surface area (TPSA) is 525 Å². The van der Waals surface area contributed by atoms with Gasteiger partial charge in [0.25, 0.3) is 67.1 Å². The maximum Gasteiger partial charge on any atom is 0.263 e. The van der Waals surface area contributed by atoms with Gasteiger partial charge in [-0.1, -0.05) is 118 Å². The third-order valence-corrected chi connectivity index (χ3v) is 22.6. The van der Waals surface area contributed by atoms with Crippen molar-refractivity contribution in [2.45, 2.75) is 150 Å². The van der Waals surface area contributed by atoms with Crippen molar-refractivity contribution in [2.24, 2.45) is 11.8 Å². The second-order valence-corrected chi connectivity index (χ2v) is 33.1. The second-order valence-electron chi connectivity index (χ2n) is 33.1. The lowest BCUT2D eigenvalue weighted by Gasteiger charge is -2.24. The second kappa shape index (κ2) is 46.1. The average Bonchev–Trinajstić information content (AvgIpc) is 0.890. The highest BCUT2D eigenvalue weighted by Gasteiger charge is 2.35. The summed E-state index contributed by atoms with van der Waals surface area (Å²) < 4.78 is 32.7. The first kappa shape index (κ1) is 108. The van der Waals surface area contributed by atoms with Gasteiger partial charge in [0.15, 0.2) is 34.6 Å². The molecule has 16 aromatic rings. The van der Waals surface area contributed by atoms with E-state index in [-0.39, 0.29) is 191 Å². The maximum atomic E-state index is 13.0. The summed E-state index contributed by atoms with van der Waals surface area (Å²) >= 11 is 0. The van der Waals surface area contributed by atoms with Gasteiger partial charge in [0, 0.05) is 52.7 Å². The molecule has 8 heterocycles. The number of aromatic nitrogens is 4. The molecule has 8 aromatic heterocycles. The van der Waals surface area contributed by atoms with Crippen molar-refractivity contribution in [3.05, 3.63) is 344 Å². The zero-order chi connectivity index (χ0) is 99.7. The summed E-state index contributed by atoms with van der Waals surface area (Å²) in [6, 6.07) is 44.8. The molecule has 0 aliphatic heterocycles. The molecule has 4 amide bonds. The SMILES string of the molecule is C.C.C.C.CC[C@@H](Nc1c(Nc2cccc(C(=O)N(C)c3cc(C)on3)c2O)c(=O)c1=O)c1ccc(C)o1.CC[C@@H](Nc1c(Nc2cccc(C(=O)N(C)c3ccccn3)c2O)c(=O)c1=O)c1ccc(C)o1.Cc1cc(N(C)C(=O)c2cccc(Nc3c(N[C@@H](c4ccc(C)o4)C(C)C)c(=O)c3=O)c2O)no1.Cc1ccc([C@H](Nc2c(Nc3cccc(C(=O)N(C)c4ccccn4)c3O)c(=O)c2=O)C(C)C)o1. The molecule has 38 heteroatoms. The Kier molecular flexibility index (Phi) is 35.1. The average molecular weight is 1940 g/mol. The molecular formula is C104H116N16O22. The quantitative estimate of drug-likeness (QED) is 0.0138. The number of benzene rings is 4. The molecule has 0 radical (unpaired) electrons. The molecule has 12 N–H and O–H groups in total. The van der Waals surface area contributed by atoms with E-state index >= 15 is 0 Å². The van der Waals surface area contributed by atoms with Crippen LogP contribution in [0, 0.1) is 53.4 Å². The minimum absolute atomic E-state index is 0. The highest BCUT2D eigenvalue weighted by Crippen LogP contribution is 2.41. The standard InChI is InChI=1S/C26H26N4O5.C25H26N4O6.C25H24N4O5.C24H24N4O6.4CH4/c1-14(2)20(18-12-11-15(3)35-18)29-22-21(24(32)25(22)33)28-17-9-7-8-16(23(17)31)26(34)30(4)19-10-5-6-13-27-19;1-12(2)19(17-10-9-13(3)34-17)27-21-20(23(31)24(21)32)26-16-8-6-7-15(22(16)30)25(33)29(5)18-11-14(4)35-28-18;1-4-16(18-12-11-14(2)34-18)27-20-21(24(32)23(20)31)28-17-9-7-8-15(22(17)30)25(33)29(3)19-10-5-6-13-26-19;1-5-15(17-10-9-12(2)33-17)25-19-20(23(31)22(19)30)26-16-8-6-7-14(21(16)29)24(32)28(4)18-11-13(3)34-27-18;;;;/h5-14,20,28-29,31H,1-4H3;6-12,19,26-27,30H,1-5H3;5-13,16,27-28,30H,4H2,1-3H3;6-11,15,25-26,29H,5H2,1-4H3;4*1H4/t20-;19-;16-;15-;;;;/m1111..../s1. The number of nitrogens with zero attached hydrogens (tertiary/aromatic N) is 8. The van der Waals surface area contributed by atoms with Gasteiger partial charge in [-0.2, -0.15) is 0 Å². The first-order valence-electron chi connectivity index (χ1n) is 43.6. The molecule has 0 unspecified atom stereocenters. The van der Waals surface area contributed by atoms with E-state index in [1.807, 2.05) is 118 Å². The summed E-state index contributed by atoms with van der Waals surface area (Å²) in [5.74, 6) is 4.59. The summed E-state index contributed by atoms with van der Waals surface area (Å²) in [5.41, 5.74) is -4.65. The van der Waals surface area contributed by atoms with Gasteiger partial charge in [0.2, 0.25) is 0 Å². The summed E-state index contributed by atoms with van der Waals surface area (Å²) in [5, 5.41) is 74.4. The van der Waals surface area contributed by atoms with Crippen LogP contribution in [0.5, 0.6) is 23.0 Å². The Bertz CT molecular complexity index is 7470. The van der Waals surface area contributed by atoms with E-state index in [1.54, 1.807) is 113 Å². The Morgan fingerprint density at radius 1 is 0.310 bits per heavy atom. The molecule has 0 aliphatic rings. The summed E-state index contributed by atoms with van der Waals surface area (Å²) in [6.45, 7) is 22.4. The van der Waals surface area contributed by atoms with E-state index < -0.39 is 67.1 Å². The predicted molar refractivity (Wildman–Crippen MR) is 549 cm³/mol. The van der Waals surface area contributed by atoms with Gasteiger partial charge in [-0.15, -0.1) is 0 Å². The summed E-state index contributed by atoms with van der Waals surface area (Å²) in [4.78, 5) is 164. The molecule has 0 spiro atoms. The smallest absolute Gasteiger partial charge is 0.263 e. The van der Waals surface area contributed by atoms with Crippen LogP contribution in [0.2, 0.25) is 0 Å². The van der Waals surface area contributed by atoms with Crippen LogP contribution < -0.4 is 106 Å². The molecule has 744 valence electrons. The van der Waals surface area contributed by atoms with Crippen molar-refractivity contribution in [1.82, 2.24) is 20.3 Å². The first-order chi connectivity index (χ1) is 65.8. The van der Waals surface area contributed by atoms with Gasteiger partial charge in [-0.3, -0.25) is 77.1 Å². The van der Waals surface area contributed by atoms with Crippen LogP contribution in [0.25, 0.3) is 0 Å². The first-order valence-corrected chi connectivity index (χ1v) is 43.6. The number of furan rings is 4. The van der Waals surface area contributed by atoms with Crippen LogP contribution in [-0.2, 0) is 0 Å². The van der Waals surface area contributed by atoms with Crippen molar-refractivity contribution < 1.29 is 66.3 Å². The van der Waals surface area contributed by atoms with Gasteiger partial charge in [0.05, 0.1) is 69.2 Å². The third-order valence-electron chi connectivity index (χ3n) is 22.6. The van der Waals surface area contributed by atoms with Crippen LogP contribution in [0.1, 0.15) is 207 Å². The molecule has 16 rings (SSSR count). The van der Waals surface area contributed by atoms with E-state index in [4.69, 9.17) is 26.7 Å². The fraction of sp³-hybridized carbons (Fsp3) is 0.269. The fourth-order valence-electron chi connectivity index (χ4n) is 14.7. The highest BCUT2D eigenvalue weighted by atomic mass is 16.5. The van der Waals surface area contributed by atoms with Crippen molar-refractivity contribution in [3.63, 3.8) is 0 Å². The number of phenolic OH excluding ortho intramolecular Hbond substituents is 4. The number of rotatable bonds is 32. The number of pyridine rings is 2. The Labute approximate surface area is 816 Å². The number of nitrogens with one attached hydrogen (secondary N) is 8. The Balaban J connectivity index is 0.000000209. The number of aromatic hydroxyl groups is 4. The molecule has 0 saturated carbocycles. The van der Waals surface area contributed by atoms with Crippen LogP contribution in [-0.4, -0.2) is 92.5 Å². The van der Waals surface area contributed by atoms with Crippen LogP contribution in [0.3, 0.4) is 0 Å². The maximum absolute atomic E-state index is 13.0. The van der Waals surface area contributed by atoms with E-state index in [2.05, 4.69) is 62.8 Å². The Morgan fingerprint density at radius 2 is 0.556 bits per heavy atom.